The largest absolute Gasteiger partial charge is 0.391 e. The van der Waals surface area contributed by atoms with E-state index >= 15 is 0 Å². The maximum Gasteiger partial charge on any atom is 0.138 e. The fraction of sp³-hybridized carbons (Fsp3) is 0.400. The van der Waals surface area contributed by atoms with E-state index in [-0.39, 0.29) is 12.6 Å². The molecule has 2 aromatic rings. The molecular formula is C15H19ClN4O. The van der Waals surface area contributed by atoms with Crippen LogP contribution in [0.25, 0.3) is 0 Å². The number of hydrogen-bond acceptors (Lipinski definition) is 5. The number of halogens is 1. The number of hydrogen-bond donors (Lipinski definition) is 1. The summed E-state index contributed by atoms with van der Waals surface area (Å²) >= 11 is 6.07. The summed E-state index contributed by atoms with van der Waals surface area (Å²) in [6.07, 6.45) is 1.78. The third-order valence-corrected chi connectivity index (χ3v) is 3.80. The molecule has 0 aliphatic rings. The van der Waals surface area contributed by atoms with E-state index in [0.29, 0.717) is 23.1 Å². The third-order valence-electron chi connectivity index (χ3n) is 3.49. The molecule has 0 aliphatic heterocycles. The minimum absolute atomic E-state index is 0.131. The average molecular weight is 307 g/mol. The Balaban J connectivity index is 2.21. The van der Waals surface area contributed by atoms with Gasteiger partial charge in [0.05, 0.1) is 18.0 Å². The summed E-state index contributed by atoms with van der Waals surface area (Å²) in [5, 5.41) is 9.78. The third kappa shape index (κ3) is 3.75. The first-order valence-electron chi connectivity index (χ1n) is 6.76. The highest BCUT2D eigenvalue weighted by atomic mass is 35.5. The van der Waals surface area contributed by atoms with Gasteiger partial charge in [0.25, 0.3) is 0 Å². The molecule has 0 bridgehead atoms. The molecule has 0 amide bonds. The first-order chi connectivity index (χ1) is 10.0. The van der Waals surface area contributed by atoms with Crippen LogP contribution in [0.2, 0.25) is 5.15 Å². The predicted octanol–water partition coefficient (Wildman–Crippen LogP) is 2.52. The molecule has 6 heteroatoms. The van der Waals surface area contributed by atoms with Crippen LogP contribution in [0, 0.1) is 6.92 Å². The minimum atomic E-state index is -0.166. The van der Waals surface area contributed by atoms with E-state index in [0.717, 1.165) is 11.4 Å². The molecule has 0 aromatic carbocycles. The van der Waals surface area contributed by atoms with Crippen LogP contribution in [0.15, 0.2) is 24.4 Å². The zero-order chi connectivity index (χ0) is 15.4. The first kappa shape index (κ1) is 15.8. The van der Waals surface area contributed by atoms with Crippen molar-refractivity contribution in [1.82, 2.24) is 19.9 Å². The fourth-order valence-electron chi connectivity index (χ4n) is 2.13. The lowest BCUT2D eigenvalue weighted by atomic mass is 10.1. The molecule has 0 fully saturated rings. The molecule has 21 heavy (non-hydrogen) atoms. The lowest BCUT2D eigenvalue weighted by Gasteiger charge is -2.24. The van der Waals surface area contributed by atoms with Crippen molar-refractivity contribution in [3.63, 3.8) is 0 Å². The number of aromatic nitrogens is 3. The Bertz CT molecular complexity index is 606. The van der Waals surface area contributed by atoms with Gasteiger partial charge in [0.2, 0.25) is 0 Å². The second-order valence-corrected chi connectivity index (χ2v) is 5.35. The lowest BCUT2D eigenvalue weighted by Crippen LogP contribution is -2.24. The number of aliphatic hydroxyl groups excluding tert-OH is 1. The van der Waals surface area contributed by atoms with E-state index in [1.807, 2.05) is 25.2 Å². The zero-order valence-corrected chi connectivity index (χ0v) is 13.2. The summed E-state index contributed by atoms with van der Waals surface area (Å²) in [4.78, 5) is 15.0. The average Bonchev–Trinajstić information content (AvgIpc) is 2.47. The van der Waals surface area contributed by atoms with Gasteiger partial charge in [-0.2, -0.15) is 0 Å². The number of pyridine rings is 1. The van der Waals surface area contributed by atoms with Crippen LogP contribution in [0.4, 0.5) is 0 Å². The van der Waals surface area contributed by atoms with Crippen LogP contribution >= 0.6 is 11.6 Å². The van der Waals surface area contributed by atoms with Crippen molar-refractivity contribution in [1.29, 1.82) is 0 Å². The van der Waals surface area contributed by atoms with Gasteiger partial charge in [-0.3, -0.25) is 9.88 Å². The van der Waals surface area contributed by atoms with Gasteiger partial charge < -0.3 is 5.11 Å². The Morgan fingerprint density at radius 2 is 2.10 bits per heavy atom. The van der Waals surface area contributed by atoms with Crippen molar-refractivity contribution in [2.45, 2.75) is 33.0 Å². The van der Waals surface area contributed by atoms with E-state index in [4.69, 9.17) is 11.6 Å². The summed E-state index contributed by atoms with van der Waals surface area (Å²) in [5.41, 5.74) is 2.32. The molecule has 2 heterocycles. The van der Waals surface area contributed by atoms with E-state index in [2.05, 4.69) is 26.8 Å². The highest BCUT2D eigenvalue weighted by Crippen LogP contribution is 2.22. The van der Waals surface area contributed by atoms with Crippen LogP contribution in [0.3, 0.4) is 0 Å². The second-order valence-electron chi connectivity index (χ2n) is 4.99. The normalized spacial score (nSPS) is 12.7. The molecule has 0 unspecified atom stereocenters. The SMILES string of the molecule is Cc1nc(Cl)c(CO)c(CN(C)[C@@H](C)c2ccccn2)n1. The topological polar surface area (TPSA) is 62.1 Å². The van der Waals surface area contributed by atoms with Crippen molar-refractivity contribution in [3.05, 3.63) is 52.3 Å². The van der Waals surface area contributed by atoms with Gasteiger partial charge in [0.15, 0.2) is 0 Å². The number of aryl methyl sites for hydroxylation is 1. The highest BCUT2D eigenvalue weighted by molar-refractivity contribution is 6.30. The summed E-state index contributed by atoms with van der Waals surface area (Å²) in [5.74, 6) is 0.603. The summed E-state index contributed by atoms with van der Waals surface area (Å²) in [6, 6.07) is 5.99. The number of rotatable bonds is 5. The monoisotopic (exact) mass is 306 g/mol. The van der Waals surface area contributed by atoms with E-state index in [1.54, 1.807) is 13.1 Å². The van der Waals surface area contributed by atoms with Crippen LogP contribution in [0.1, 0.15) is 35.7 Å². The summed E-state index contributed by atoms with van der Waals surface area (Å²) < 4.78 is 0. The molecule has 1 atom stereocenters. The van der Waals surface area contributed by atoms with Crippen LogP contribution in [-0.2, 0) is 13.2 Å². The molecule has 1 N–H and O–H groups in total. The van der Waals surface area contributed by atoms with E-state index in [9.17, 15) is 5.11 Å². The molecule has 5 nitrogen and oxygen atoms in total. The maximum absolute atomic E-state index is 9.46. The van der Waals surface area contributed by atoms with Crippen LogP contribution < -0.4 is 0 Å². The Morgan fingerprint density at radius 3 is 2.71 bits per heavy atom. The van der Waals surface area contributed by atoms with Crippen LogP contribution in [0.5, 0.6) is 0 Å². The lowest BCUT2D eigenvalue weighted by molar-refractivity contribution is 0.238. The van der Waals surface area contributed by atoms with Gasteiger partial charge in [-0.05, 0) is 33.0 Å². The Kier molecular flexibility index (Phi) is 5.22. The van der Waals surface area contributed by atoms with E-state index < -0.39 is 0 Å². The molecule has 2 rings (SSSR count). The minimum Gasteiger partial charge on any atom is -0.391 e. The maximum atomic E-state index is 9.46. The van der Waals surface area contributed by atoms with Gasteiger partial charge in [-0.1, -0.05) is 17.7 Å². The first-order valence-corrected chi connectivity index (χ1v) is 7.14. The van der Waals surface area contributed by atoms with Crippen molar-refractivity contribution in [2.75, 3.05) is 7.05 Å². The summed E-state index contributed by atoms with van der Waals surface area (Å²) in [6.45, 7) is 4.27. The molecular weight excluding hydrogens is 288 g/mol. The Morgan fingerprint density at radius 1 is 1.33 bits per heavy atom. The molecule has 0 aliphatic carbocycles. The van der Waals surface area contributed by atoms with Crippen LogP contribution in [-0.4, -0.2) is 32.0 Å². The van der Waals surface area contributed by atoms with E-state index in [1.165, 1.54) is 0 Å². The number of nitrogens with zero attached hydrogens (tertiary/aromatic N) is 4. The van der Waals surface area contributed by atoms with Crippen molar-refractivity contribution in [3.8, 4) is 0 Å². The predicted molar refractivity (Wildman–Crippen MR) is 81.8 cm³/mol. The summed E-state index contributed by atoms with van der Waals surface area (Å²) in [7, 11) is 1.99. The quantitative estimate of drug-likeness (QED) is 0.860. The van der Waals surface area contributed by atoms with Gasteiger partial charge in [-0.25, -0.2) is 9.97 Å². The van der Waals surface area contributed by atoms with Crippen molar-refractivity contribution < 1.29 is 5.11 Å². The fourth-order valence-corrected chi connectivity index (χ4v) is 2.42. The molecule has 0 spiro atoms. The Labute approximate surface area is 129 Å². The van der Waals surface area contributed by atoms with Crippen molar-refractivity contribution >= 4 is 11.6 Å². The highest BCUT2D eigenvalue weighted by Gasteiger charge is 2.17. The number of aliphatic hydroxyl groups is 1. The molecule has 2 aromatic heterocycles. The van der Waals surface area contributed by atoms with Gasteiger partial charge in [0, 0.05) is 24.3 Å². The van der Waals surface area contributed by atoms with Crippen molar-refractivity contribution in [2.24, 2.45) is 0 Å². The standard InChI is InChI=1S/C15H19ClN4O/c1-10(13-6-4-5-7-17-13)20(3)8-14-12(9-21)15(16)19-11(2)18-14/h4-7,10,21H,8-9H2,1-3H3/t10-/m0/s1. The zero-order valence-electron chi connectivity index (χ0n) is 12.4. The molecule has 0 radical (unpaired) electrons. The molecule has 0 saturated heterocycles. The molecule has 112 valence electrons. The van der Waals surface area contributed by atoms with Gasteiger partial charge >= 0.3 is 0 Å². The van der Waals surface area contributed by atoms with Gasteiger partial charge in [-0.15, -0.1) is 0 Å². The smallest absolute Gasteiger partial charge is 0.138 e. The molecule has 0 saturated carbocycles. The Hall–Kier alpha value is -1.56. The second kappa shape index (κ2) is 6.93. The van der Waals surface area contributed by atoms with Gasteiger partial charge in [0.1, 0.15) is 11.0 Å².